The number of nitrogens with zero attached hydrogens (tertiary/aromatic N) is 1. The molecule has 0 spiro atoms. The number of rotatable bonds is 12. The first kappa shape index (κ1) is 26.2. The van der Waals surface area contributed by atoms with E-state index in [2.05, 4.69) is 38.4 Å². The van der Waals surface area contributed by atoms with E-state index in [0.717, 1.165) is 35.1 Å². The van der Waals surface area contributed by atoms with Crippen molar-refractivity contribution in [1.82, 2.24) is 15.5 Å². The van der Waals surface area contributed by atoms with Crippen LogP contribution in [-0.4, -0.2) is 43.6 Å². The van der Waals surface area contributed by atoms with E-state index < -0.39 is 0 Å². The number of carbonyl (C=O) groups is 2. The maximum Gasteiger partial charge on any atom is 0.315 e. The minimum atomic E-state index is -0.201. The molecule has 6 nitrogen and oxygen atoms in total. The molecule has 0 bridgehead atoms. The van der Waals surface area contributed by atoms with Gasteiger partial charge in [-0.1, -0.05) is 51.8 Å². The van der Waals surface area contributed by atoms with Gasteiger partial charge in [0.05, 0.1) is 7.11 Å². The Morgan fingerprint density at radius 3 is 2.34 bits per heavy atom. The van der Waals surface area contributed by atoms with Gasteiger partial charge in [-0.2, -0.15) is 0 Å². The Morgan fingerprint density at radius 1 is 1.03 bits per heavy atom. The number of benzene rings is 2. The molecular weight excluding hydrogens is 494 g/mol. The normalized spacial score (nSPS) is 11.8. The molecule has 0 aromatic heterocycles. The fourth-order valence-electron chi connectivity index (χ4n) is 3.31. The van der Waals surface area contributed by atoms with Crippen molar-refractivity contribution < 1.29 is 14.3 Å². The molecule has 174 valence electrons. The van der Waals surface area contributed by atoms with Gasteiger partial charge in [-0.05, 0) is 61.7 Å². The minimum absolute atomic E-state index is 0.163. The molecule has 2 amide bonds. The number of ether oxygens (including phenoxy) is 1. The fourth-order valence-corrected chi connectivity index (χ4v) is 3.70. The van der Waals surface area contributed by atoms with Crippen LogP contribution in [0.2, 0.25) is 5.02 Å². The fraction of sp³-hybridized carbons (Fsp3) is 0.417. The van der Waals surface area contributed by atoms with Crippen LogP contribution in [0.15, 0.2) is 53.0 Å². The summed E-state index contributed by atoms with van der Waals surface area (Å²) in [7, 11) is 1.41. The van der Waals surface area contributed by atoms with E-state index in [1.54, 1.807) is 0 Å². The molecular formula is C24H31BrClN3O3. The summed E-state index contributed by atoms with van der Waals surface area (Å²) in [6.45, 7) is 4.73. The van der Waals surface area contributed by atoms with Gasteiger partial charge in [0, 0.05) is 41.6 Å². The lowest BCUT2D eigenvalue weighted by Crippen LogP contribution is -2.37. The Morgan fingerprint density at radius 2 is 1.69 bits per heavy atom. The molecule has 2 N–H and O–H groups in total. The van der Waals surface area contributed by atoms with E-state index in [-0.39, 0.29) is 18.0 Å². The second-order valence-corrected chi connectivity index (χ2v) is 8.88. The lowest BCUT2D eigenvalue weighted by Gasteiger charge is -2.29. The summed E-state index contributed by atoms with van der Waals surface area (Å²) in [5, 5.41) is 6.49. The SMILES string of the molecule is COC(=O)CCCN(CCCNC(=O)NCc1ccc(Br)cc1)C(C)c1ccc(Cl)cc1. The first-order valence-corrected chi connectivity index (χ1v) is 11.9. The van der Waals surface area contributed by atoms with Crippen LogP contribution in [0, 0.1) is 0 Å². The maximum absolute atomic E-state index is 12.1. The van der Waals surface area contributed by atoms with Crippen molar-refractivity contribution in [3.05, 3.63) is 69.2 Å². The highest BCUT2D eigenvalue weighted by atomic mass is 79.9. The Hall–Kier alpha value is -2.09. The number of amides is 2. The maximum atomic E-state index is 12.1. The lowest BCUT2D eigenvalue weighted by atomic mass is 10.1. The van der Waals surface area contributed by atoms with Gasteiger partial charge in [0.15, 0.2) is 0 Å². The highest BCUT2D eigenvalue weighted by Crippen LogP contribution is 2.22. The molecule has 1 unspecified atom stereocenters. The van der Waals surface area contributed by atoms with Gasteiger partial charge in [-0.3, -0.25) is 9.69 Å². The molecule has 0 radical (unpaired) electrons. The van der Waals surface area contributed by atoms with E-state index >= 15 is 0 Å². The Bertz CT molecular complexity index is 847. The van der Waals surface area contributed by atoms with Crippen molar-refractivity contribution in [1.29, 1.82) is 0 Å². The third-order valence-electron chi connectivity index (χ3n) is 5.23. The smallest absolute Gasteiger partial charge is 0.315 e. The Balaban J connectivity index is 1.79. The van der Waals surface area contributed by atoms with Crippen LogP contribution in [0.25, 0.3) is 0 Å². The standard InChI is InChI=1S/C24H31BrClN3O3/c1-18(20-8-12-22(26)13-9-20)29(15-3-5-23(30)32-2)16-4-14-27-24(31)28-17-19-6-10-21(25)11-7-19/h6-13,18H,3-5,14-17H2,1-2H3,(H2,27,28,31). The predicted molar refractivity (Wildman–Crippen MR) is 132 cm³/mol. The van der Waals surface area contributed by atoms with Crippen molar-refractivity contribution in [2.24, 2.45) is 0 Å². The molecule has 0 fully saturated rings. The van der Waals surface area contributed by atoms with Crippen molar-refractivity contribution in [2.75, 3.05) is 26.7 Å². The van der Waals surface area contributed by atoms with Crippen LogP contribution in [0.5, 0.6) is 0 Å². The number of methoxy groups -OCH3 is 1. The average molecular weight is 525 g/mol. The number of hydrogen-bond donors (Lipinski definition) is 2. The van der Waals surface area contributed by atoms with Crippen molar-refractivity contribution >= 4 is 39.5 Å². The van der Waals surface area contributed by atoms with E-state index in [1.807, 2.05) is 48.5 Å². The second kappa shape index (κ2) is 14.1. The van der Waals surface area contributed by atoms with Crippen molar-refractivity contribution in [2.45, 2.75) is 38.8 Å². The number of urea groups is 1. The molecule has 0 heterocycles. The Kier molecular flexibility index (Phi) is 11.6. The van der Waals surface area contributed by atoms with Crippen LogP contribution < -0.4 is 10.6 Å². The topological polar surface area (TPSA) is 70.7 Å². The second-order valence-electron chi connectivity index (χ2n) is 7.53. The molecule has 0 saturated carbocycles. The summed E-state index contributed by atoms with van der Waals surface area (Å²) in [5.74, 6) is -0.201. The van der Waals surface area contributed by atoms with Gasteiger partial charge in [-0.15, -0.1) is 0 Å². The zero-order valence-electron chi connectivity index (χ0n) is 18.6. The highest BCUT2D eigenvalue weighted by Gasteiger charge is 2.16. The summed E-state index contributed by atoms with van der Waals surface area (Å²) in [4.78, 5) is 25.9. The van der Waals surface area contributed by atoms with Crippen molar-refractivity contribution in [3.8, 4) is 0 Å². The van der Waals surface area contributed by atoms with E-state index in [1.165, 1.54) is 7.11 Å². The molecule has 0 aliphatic carbocycles. The van der Waals surface area contributed by atoms with Gasteiger partial charge in [0.1, 0.15) is 0 Å². The number of esters is 1. The molecule has 8 heteroatoms. The summed E-state index contributed by atoms with van der Waals surface area (Å²) in [5.41, 5.74) is 2.20. The van der Waals surface area contributed by atoms with E-state index in [0.29, 0.717) is 31.0 Å². The lowest BCUT2D eigenvalue weighted by molar-refractivity contribution is -0.140. The van der Waals surface area contributed by atoms with Gasteiger partial charge in [0.2, 0.25) is 0 Å². The third kappa shape index (κ3) is 9.59. The van der Waals surface area contributed by atoms with Gasteiger partial charge < -0.3 is 15.4 Å². The monoisotopic (exact) mass is 523 g/mol. The Labute approximate surface area is 203 Å². The third-order valence-corrected chi connectivity index (χ3v) is 6.01. The van der Waals surface area contributed by atoms with Crippen LogP contribution in [0.4, 0.5) is 4.79 Å². The van der Waals surface area contributed by atoms with Crippen molar-refractivity contribution in [3.63, 3.8) is 0 Å². The van der Waals surface area contributed by atoms with Crippen LogP contribution in [0.1, 0.15) is 43.4 Å². The zero-order chi connectivity index (χ0) is 23.3. The predicted octanol–water partition coefficient (Wildman–Crippen LogP) is 5.31. The number of nitrogens with one attached hydrogen (secondary N) is 2. The molecule has 32 heavy (non-hydrogen) atoms. The summed E-state index contributed by atoms with van der Waals surface area (Å²) in [6, 6.07) is 15.6. The van der Waals surface area contributed by atoms with Crippen LogP contribution >= 0.6 is 27.5 Å². The molecule has 2 aromatic rings. The van der Waals surface area contributed by atoms with E-state index in [4.69, 9.17) is 16.3 Å². The van der Waals surface area contributed by atoms with Gasteiger partial charge >= 0.3 is 12.0 Å². The van der Waals surface area contributed by atoms with E-state index in [9.17, 15) is 9.59 Å². The quantitative estimate of drug-likeness (QED) is 0.292. The van der Waals surface area contributed by atoms with Gasteiger partial charge in [-0.25, -0.2) is 4.79 Å². The number of hydrogen-bond acceptors (Lipinski definition) is 4. The average Bonchev–Trinajstić information content (AvgIpc) is 2.80. The molecule has 2 aromatic carbocycles. The first-order chi connectivity index (χ1) is 15.4. The zero-order valence-corrected chi connectivity index (χ0v) is 20.9. The highest BCUT2D eigenvalue weighted by molar-refractivity contribution is 9.10. The number of carbonyl (C=O) groups excluding carboxylic acids is 2. The summed E-state index contributed by atoms with van der Waals surface area (Å²) < 4.78 is 5.76. The first-order valence-electron chi connectivity index (χ1n) is 10.7. The largest absolute Gasteiger partial charge is 0.469 e. The molecule has 1 atom stereocenters. The van der Waals surface area contributed by atoms with Crippen LogP contribution in [0.3, 0.4) is 0 Å². The molecule has 2 rings (SSSR count). The van der Waals surface area contributed by atoms with Crippen LogP contribution in [-0.2, 0) is 16.1 Å². The summed E-state index contributed by atoms with van der Waals surface area (Å²) >= 11 is 9.42. The molecule has 0 aliphatic heterocycles. The summed E-state index contributed by atoms with van der Waals surface area (Å²) in [6.07, 6.45) is 1.89. The number of halogens is 2. The molecule has 0 aliphatic rings. The minimum Gasteiger partial charge on any atom is -0.469 e. The van der Waals surface area contributed by atoms with Gasteiger partial charge in [0.25, 0.3) is 0 Å². The molecule has 0 saturated heterocycles.